The summed E-state index contributed by atoms with van der Waals surface area (Å²) in [6, 6.07) is 13.9. The van der Waals surface area contributed by atoms with E-state index in [1.807, 2.05) is 6.07 Å². The summed E-state index contributed by atoms with van der Waals surface area (Å²) < 4.78 is 27.7. The van der Waals surface area contributed by atoms with Gasteiger partial charge in [-0.1, -0.05) is 29.8 Å². The van der Waals surface area contributed by atoms with Crippen molar-refractivity contribution in [2.75, 3.05) is 30.7 Å². The van der Waals surface area contributed by atoms with Crippen molar-refractivity contribution in [1.29, 1.82) is 0 Å². The number of hydrogen-bond acceptors (Lipinski definition) is 4. The van der Waals surface area contributed by atoms with E-state index >= 15 is 0 Å². The van der Waals surface area contributed by atoms with E-state index in [4.69, 9.17) is 0 Å². The lowest BCUT2D eigenvalue weighted by Crippen LogP contribution is -2.29. The molecule has 4 rings (SSSR count). The van der Waals surface area contributed by atoms with E-state index in [-0.39, 0.29) is 5.92 Å². The van der Waals surface area contributed by atoms with Gasteiger partial charge in [-0.3, -0.25) is 0 Å². The first-order valence-corrected chi connectivity index (χ1v) is 11.0. The number of rotatable bonds is 3. The van der Waals surface area contributed by atoms with Crippen molar-refractivity contribution < 1.29 is 8.42 Å². The van der Waals surface area contributed by atoms with E-state index in [0.29, 0.717) is 18.0 Å². The Morgan fingerprint density at radius 2 is 1.96 bits per heavy atom. The summed E-state index contributed by atoms with van der Waals surface area (Å²) >= 11 is 1.77. The van der Waals surface area contributed by atoms with Crippen LogP contribution in [0, 0.1) is 6.92 Å². The molecule has 4 nitrogen and oxygen atoms in total. The lowest BCUT2D eigenvalue weighted by atomic mass is 9.98. The Morgan fingerprint density at radius 3 is 2.76 bits per heavy atom. The van der Waals surface area contributed by atoms with Gasteiger partial charge in [-0.15, -0.1) is 11.8 Å². The van der Waals surface area contributed by atoms with Crippen LogP contribution in [-0.4, -0.2) is 38.1 Å². The number of thioether (sulfide) groups is 1. The van der Waals surface area contributed by atoms with Gasteiger partial charge in [0.1, 0.15) is 0 Å². The molecule has 0 bridgehead atoms. The van der Waals surface area contributed by atoms with Crippen LogP contribution in [0.3, 0.4) is 0 Å². The molecule has 2 aliphatic heterocycles. The largest absolute Gasteiger partial charge is 0.383 e. The highest BCUT2D eigenvalue weighted by molar-refractivity contribution is 7.99. The quantitative estimate of drug-likeness (QED) is 0.890. The number of sulfonamides is 1. The average molecular weight is 375 g/mol. The molecule has 25 heavy (non-hydrogen) atoms. The molecule has 0 amide bonds. The van der Waals surface area contributed by atoms with Gasteiger partial charge in [0, 0.05) is 36.0 Å². The maximum Gasteiger partial charge on any atom is 0.243 e. The second-order valence-electron chi connectivity index (χ2n) is 6.69. The first kappa shape index (κ1) is 16.9. The van der Waals surface area contributed by atoms with Crippen molar-refractivity contribution in [2.24, 2.45) is 0 Å². The normalized spacial score (nSPS) is 20.9. The first-order chi connectivity index (χ1) is 12.0. The molecular weight excluding hydrogens is 352 g/mol. The van der Waals surface area contributed by atoms with E-state index in [1.165, 1.54) is 11.1 Å². The summed E-state index contributed by atoms with van der Waals surface area (Å²) in [5, 5.41) is 3.30. The number of aryl methyl sites for hydroxylation is 1. The molecule has 0 aliphatic carbocycles. The Hall–Kier alpha value is -1.50. The third kappa shape index (κ3) is 3.30. The molecule has 0 radical (unpaired) electrons. The monoisotopic (exact) mass is 374 g/mol. The standard InChI is InChI=1S/C19H22N2O2S2/c1-14-2-4-15(5-3-14)16-8-10-21(13-16)25(22,23)17-6-7-19-18(12-17)20-9-11-24-19/h2-7,12,16,20H,8-11,13H2,1H3. The van der Waals surface area contributed by atoms with E-state index in [2.05, 4.69) is 36.5 Å². The minimum absolute atomic E-state index is 0.279. The van der Waals surface area contributed by atoms with Crippen LogP contribution in [-0.2, 0) is 10.0 Å². The first-order valence-electron chi connectivity index (χ1n) is 8.61. The van der Waals surface area contributed by atoms with Gasteiger partial charge in [-0.05, 0) is 43.0 Å². The van der Waals surface area contributed by atoms with Gasteiger partial charge >= 0.3 is 0 Å². The fraction of sp³-hybridized carbons (Fsp3) is 0.368. The van der Waals surface area contributed by atoms with Crippen LogP contribution in [0.25, 0.3) is 0 Å². The van der Waals surface area contributed by atoms with Gasteiger partial charge in [-0.2, -0.15) is 4.31 Å². The molecule has 2 aromatic carbocycles. The fourth-order valence-corrected chi connectivity index (χ4v) is 5.89. The topological polar surface area (TPSA) is 49.4 Å². The number of hydrogen-bond donors (Lipinski definition) is 1. The zero-order valence-electron chi connectivity index (χ0n) is 14.2. The molecule has 1 fully saturated rings. The van der Waals surface area contributed by atoms with Gasteiger partial charge < -0.3 is 5.32 Å². The molecule has 132 valence electrons. The van der Waals surface area contributed by atoms with Gasteiger partial charge in [0.15, 0.2) is 0 Å². The average Bonchev–Trinajstić information content (AvgIpc) is 3.13. The minimum Gasteiger partial charge on any atom is -0.383 e. The van der Waals surface area contributed by atoms with Crippen molar-refractivity contribution in [3.05, 3.63) is 53.6 Å². The maximum absolute atomic E-state index is 13.0. The van der Waals surface area contributed by atoms with Crippen LogP contribution < -0.4 is 5.32 Å². The summed E-state index contributed by atoms with van der Waals surface area (Å²) in [4.78, 5) is 1.52. The Morgan fingerprint density at radius 1 is 1.16 bits per heavy atom. The smallest absolute Gasteiger partial charge is 0.243 e. The van der Waals surface area contributed by atoms with Crippen molar-refractivity contribution in [3.63, 3.8) is 0 Å². The van der Waals surface area contributed by atoms with Crippen LogP contribution in [0.1, 0.15) is 23.5 Å². The molecule has 2 aliphatic rings. The van der Waals surface area contributed by atoms with E-state index < -0.39 is 10.0 Å². The lowest BCUT2D eigenvalue weighted by Gasteiger charge is -2.21. The van der Waals surface area contributed by atoms with Crippen LogP contribution >= 0.6 is 11.8 Å². The summed E-state index contributed by atoms with van der Waals surface area (Å²) in [6.07, 6.45) is 0.876. The fourth-order valence-electron chi connectivity index (χ4n) is 3.49. The van der Waals surface area contributed by atoms with Crippen LogP contribution in [0.5, 0.6) is 0 Å². The Bertz CT molecular complexity index is 879. The molecule has 0 spiro atoms. The zero-order valence-corrected chi connectivity index (χ0v) is 15.9. The number of nitrogens with zero attached hydrogens (tertiary/aromatic N) is 1. The van der Waals surface area contributed by atoms with E-state index in [9.17, 15) is 8.42 Å². The van der Waals surface area contributed by atoms with Crippen molar-refractivity contribution in [1.82, 2.24) is 4.31 Å². The van der Waals surface area contributed by atoms with Crippen molar-refractivity contribution >= 4 is 27.5 Å². The van der Waals surface area contributed by atoms with Gasteiger partial charge in [0.2, 0.25) is 10.0 Å². The second-order valence-corrected chi connectivity index (χ2v) is 9.77. The number of anilines is 1. The van der Waals surface area contributed by atoms with Gasteiger partial charge in [0.25, 0.3) is 0 Å². The number of benzene rings is 2. The highest BCUT2D eigenvalue weighted by atomic mass is 32.2. The maximum atomic E-state index is 13.0. The van der Waals surface area contributed by atoms with Crippen LogP contribution in [0.4, 0.5) is 5.69 Å². The molecule has 2 aromatic rings. The van der Waals surface area contributed by atoms with Crippen molar-refractivity contribution in [3.8, 4) is 0 Å². The van der Waals surface area contributed by atoms with Crippen LogP contribution in [0.15, 0.2) is 52.3 Å². The molecule has 1 saturated heterocycles. The summed E-state index contributed by atoms with van der Waals surface area (Å²) in [5.41, 5.74) is 3.39. The second kappa shape index (κ2) is 6.67. The van der Waals surface area contributed by atoms with Gasteiger partial charge in [0.05, 0.1) is 4.90 Å². The molecular formula is C19H22N2O2S2. The molecule has 0 aromatic heterocycles. The van der Waals surface area contributed by atoms with Gasteiger partial charge in [-0.25, -0.2) is 8.42 Å². The molecule has 2 heterocycles. The van der Waals surface area contributed by atoms with Crippen LogP contribution in [0.2, 0.25) is 0 Å². The Balaban J connectivity index is 1.56. The molecule has 1 unspecified atom stereocenters. The molecule has 1 atom stereocenters. The predicted octanol–water partition coefficient (Wildman–Crippen LogP) is 3.69. The zero-order chi connectivity index (χ0) is 17.4. The third-order valence-electron chi connectivity index (χ3n) is 4.96. The lowest BCUT2D eigenvalue weighted by molar-refractivity contribution is 0.473. The number of nitrogens with one attached hydrogen (secondary N) is 1. The Kier molecular flexibility index (Phi) is 4.52. The summed E-state index contributed by atoms with van der Waals surface area (Å²) in [5.74, 6) is 1.30. The predicted molar refractivity (Wildman–Crippen MR) is 103 cm³/mol. The molecule has 0 saturated carbocycles. The van der Waals surface area contributed by atoms with E-state index in [1.54, 1.807) is 28.2 Å². The molecule has 1 N–H and O–H groups in total. The minimum atomic E-state index is -3.44. The highest BCUT2D eigenvalue weighted by Crippen LogP contribution is 2.35. The Labute approximate surface area is 153 Å². The molecule has 6 heteroatoms. The summed E-state index contributed by atoms with van der Waals surface area (Å²) in [7, 11) is -3.44. The SMILES string of the molecule is Cc1ccc(C2CCN(S(=O)(=O)c3ccc4c(c3)NCCS4)C2)cc1. The van der Waals surface area contributed by atoms with Crippen molar-refractivity contribution in [2.45, 2.75) is 29.1 Å². The number of fused-ring (bicyclic) bond motifs is 1. The van der Waals surface area contributed by atoms with E-state index in [0.717, 1.165) is 29.3 Å². The summed E-state index contributed by atoms with van der Waals surface area (Å²) in [6.45, 7) is 4.09. The third-order valence-corrected chi connectivity index (χ3v) is 7.90. The highest BCUT2D eigenvalue weighted by Gasteiger charge is 2.33.